The van der Waals surface area contributed by atoms with Gasteiger partial charge < -0.3 is 28.1 Å². The van der Waals surface area contributed by atoms with Gasteiger partial charge in [-0.1, -0.05) is 146 Å². The first kappa shape index (κ1) is 36.4. The van der Waals surface area contributed by atoms with Crippen molar-refractivity contribution in [1.82, 2.24) is 9.13 Å². The quantitative estimate of drug-likeness (QED) is 0.166. The molecular weight excluding hydrogens is 834 g/mol. The first-order valence-electron chi connectivity index (χ1n) is 23.2. The Balaban J connectivity index is 1.14. The molecule has 16 rings (SSSR count). The van der Waals surface area contributed by atoms with Gasteiger partial charge in [-0.2, -0.15) is 0 Å². The average molecular weight is 869 g/mol. The van der Waals surface area contributed by atoms with Crippen LogP contribution in [0.4, 0.5) is 0 Å². The summed E-state index contributed by atoms with van der Waals surface area (Å²) in [6, 6.07) is 73.1. The van der Waals surface area contributed by atoms with Crippen LogP contribution in [0, 0.1) is 0 Å². The van der Waals surface area contributed by atoms with E-state index < -0.39 is 0 Å². The summed E-state index contributed by atoms with van der Waals surface area (Å²) in [7, 11) is 0. The molecule has 6 nitrogen and oxygen atoms in total. The van der Waals surface area contributed by atoms with Gasteiger partial charge in [0, 0.05) is 44.6 Å². The fraction of sp³-hybridized carbons (Fsp3) is 0. The van der Waals surface area contributed by atoms with Crippen LogP contribution in [-0.4, -0.2) is 22.6 Å². The van der Waals surface area contributed by atoms with Crippen LogP contribution in [0.3, 0.4) is 0 Å². The number of fused-ring (bicyclic) bond motifs is 14. The van der Waals surface area contributed by atoms with Gasteiger partial charge in [0.2, 0.25) is 0 Å². The summed E-state index contributed by atoms with van der Waals surface area (Å²) < 4.78 is 34.2. The largest absolute Gasteiger partial charge is 0.458 e. The molecule has 0 radical (unpaired) electrons. The third-order valence-electron chi connectivity index (χ3n) is 14.8. The predicted octanol–water partition coefficient (Wildman–Crippen LogP) is 11.0. The standard InChI is InChI=1S/C60H34B2N2O4/c1-9-25-43-35(17-1)36-18-2-10-26-44(36)63(43)47-33-53-57-59(67-51-31-15-7-23-41(51)61(57)39-21-5-13-29-49(39)65-53)55(47)56-48(64-45-27-11-3-19-37(45)38-20-4-12-28-46(38)64)34-54-58-60(56)68-52-32-16-8-24-42(52)62(58)40-22-6-14-30-50(40)66-54/h1-34H. The molecule has 4 aliphatic rings. The summed E-state index contributed by atoms with van der Waals surface area (Å²) in [5.74, 6) is 6.25. The Bertz CT molecular complexity index is 3810. The molecule has 8 heteroatoms. The molecule has 12 aromatic rings. The molecule has 0 atom stereocenters. The van der Waals surface area contributed by atoms with Crippen LogP contribution in [0.15, 0.2) is 206 Å². The van der Waals surface area contributed by atoms with E-state index in [1.807, 2.05) is 0 Å². The van der Waals surface area contributed by atoms with E-state index in [1.54, 1.807) is 0 Å². The number of hydrogen-bond acceptors (Lipinski definition) is 4. The molecular formula is C60H34B2N2O4. The fourth-order valence-electron chi connectivity index (χ4n) is 12.1. The number of nitrogens with zero attached hydrogens (tertiary/aromatic N) is 2. The lowest BCUT2D eigenvalue weighted by Gasteiger charge is -2.37. The van der Waals surface area contributed by atoms with E-state index in [0.29, 0.717) is 0 Å². The van der Waals surface area contributed by atoms with Crippen molar-refractivity contribution in [2.75, 3.05) is 0 Å². The van der Waals surface area contributed by atoms with Crippen molar-refractivity contribution in [3.8, 4) is 68.5 Å². The Morgan fingerprint density at radius 1 is 0.279 bits per heavy atom. The number of hydrogen-bond donors (Lipinski definition) is 0. The first-order valence-corrected chi connectivity index (χ1v) is 23.2. The highest BCUT2D eigenvalue weighted by Gasteiger charge is 2.47. The zero-order valence-corrected chi connectivity index (χ0v) is 36.3. The van der Waals surface area contributed by atoms with Crippen LogP contribution < -0.4 is 51.7 Å². The third kappa shape index (κ3) is 4.73. The molecule has 314 valence electrons. The summed E-state index contributed by atoms with van der Waals surface area (Å²) in [4.78, 5) is 0. The molecule has 0 saturated heterocycles. The summed E-state index contributed by atoms with van der Waals surface area (Å²) >= 11 is 0. The van der Waals surface area contributed by atoms with Crippen LogP contribution in [0.1, 0.15) is 0 Å². The summed E-state index contributed by atoms with van der Waals surface area (Å²) in [6.07, 6.45) is 0. The van der Waals surface area contributed by atoms with E-state index in [9.17, 15) is 0 Å². The van der Waals surface area contributed by atoms with Crippen LogP contribution in [0.5, 0.6) is 46.0 Å². The molecule has 0 unspecified atom stereocenters. The lowest BCUT2D eigenvalue weighted by Crippen LogP contribution is -2.58. The second kappa shape index (κ2) is 13.4. The Hall–Kier alpha value is -8.87. The van der Waals surface area contributed by atoms with E-state index in [1.165, 1.54) is 0 Å². The molecule has 0 saturated carbocycles. The van der Waals surface area contributed by atoms with Gasteiger partial charge in [-0.05, 0) is 70.4 Å². The average Bonchev–Trinajstić information content (AvgIpc) is 3.91. The van der Waals surface area contributed by atoms with Gasteiger partial charge in [-0.15, -0.1) is 0 Å². The number of rotatable bonds is 3. The summed E-state index contributed by atoms with van der Waals surface area (Å²) in [5, 5.41) is 4.61. The van der Waals surface area contributed by atoms with Crippen molar-refractivity contribution in [3.05, 3.63) is 206 Å². The van der Waals surface area contributed by atoms with Crippen LogP contribution >= 0.6 is 0 Å². The lowest BCUT2D eigenvalue weighted by molar-refractivity contribution is 0.460. The molecule has 0 aliphatic carbocycles. The van der Waals surface area contributed by atoms with E-state index in [-0.39, 0.29) is 13.4 Å². The second-order valence-corrected chi connectivity index (χ2v) is 18.2. The summed E-state index contributed by atoms with van der Waals surface area (Å²) in [5.41, 5.74) is 14.2. The smallest absolute Gasteiger partial charge is 0.260 e. The predicted molar refractivity (Wildman–Crippen MR) is 276 cm³/mol. The Morgan fingerprint density at radius 3 is 0.897 bits per heavy atom. The molecule has 0 spiro atoms. The van der Waals surface area contributed by atoms with Crippen LogP contribution in [0.2, 0.25) is 0 Å². The minimum Gasteiger partial charge on any atom is -0.458 e. The second-order valence-electron chi connectivity index (χ2n) is 18.2. The molecule has 6 heterocycles. The maximum atomic E-state index is 7.56. The number of benzene rings is 10. The Labute approximate surface area is 390 Å². The fourth-order valence-corrected chi connectivity index (χ4v) is 12.1. The van der Waals surface area contributed by atoms with Crippen molar-refractivity contribution in [3.63, 3.8) is 0 Å². The van der Waals surface area contributed by atoms with Crippen molar-refractivity contribution in [1.29, 1.82) is 0 Å². The molecule has 0 bridgehead atoms. The van der Waals surface area contributed by atoms with Gasteiger partial charge in [0.25, 0.3) is 13.4 Å². The topological polar surface area (TPSA) is 46.8 Å². The van der Waals surface area contributed by atoms with Crippen LogP contribution in [-0.2, 0) is 0 Å². The highest BCUT2D eigenvalue weighted by molar-refractivity contribution is 6.99. The molecule has 0 fully saturated rings. The molecule has 0 amide bonds. The molecule has 2 aromatic heterocycles. The molecule has 0 N–H and O–H groups in total. The monoisotopic (exact) mass is 868 g/mol. The van der Waals surface area contributed by atoms with Crippen molar-refractivity contribution >= 4 is 89.8 Å². The van der Waals surface area contributed by atoms with E-state index in [2.05, 4.69) is 215 Å². The maximum absolute atomic E-state index is 7.56. The molecule has 10 aromatic carbocycles. The van der Waals surface area contributed by atoms with E-state index in [4.69, 9.17) is 18.9 Å². The Morgan fingerprint density at radius 2 is 0.559 bits per heavy atom. The van der Waals surface area contributed by atoms with Gasteiger partial charge >= 0.3 is 0 Å². The van der Waals surface area contributed by atoms with Gasteiger partial charge in [-0.3, -0.25) is 0 Å². The highest BCUT2D eigenvalue weighted by atomic mass is 16.5. The molecule has 68 heavy (non-hydrogen) atoms. The van der Waals surface area contributed by atoms with Gasteiger partial charge in [-0.25, -0.2) is 0 Å². The zero-order chi connectivity index (χ0) is 44.2. The maximum Gasteiger partial charge on any atom is 0.260 e. The van der Waals surface area contributed by atoms with Gasteiger partial charge in [0.15, 0.2) is 0 Å². The lowest BCUT2D eigenvalue weighted by atomic mass is 9.34. The SMILES string of the molecule is c1ccc2c(c1)Oc1cc(-n3c4ccccc4c4ccccc43)c(-c3c(-n4c5ccccc5c5ccccc54)cc4c5c3Oc3ccccc3B5c3ccccc3O4)c3c1B2c1ccccc1O3. The minimum absolute atomic E-state index is 0.170. The van der Waals surface area contributed by atoms with Crippen LogP contribution in [0.25, 0.3) is 66.1 Å². The third-order valence-corrected chi connectivity index (χ3v) is 14.8. The van der Waals surface area contributed by atoms with Gasteiger partial charge in [0.1, 0.15) is 46.0 Å². The first-order chi connectivity index (χ1) is 33.8. The van der Waals surface area contributed by atoms with E-state index in [0.717, 1.165) is 145 Å². The van der Waals surface area contributed by atoms with Gasteiger partial charge in [0.05, 0.1) is 44.6 Å². The number of para-hydroxylation sites is 8. The van der Waals surface area contributed by atoms with Crippen molar-refractivity contribution < 1.29 is 18.9 Å². The van der Waals surface area contributed by atoms with E-state index >= 15 is 0 Å². The Kier molecular flexibility index (Phi) is 7.15. The highest BCUT2D eigenvalue weighted by Crippen LogP contribution is 2.54. The van der Waals surface area contributed by atoms with Crippen molar-refractivity contribution in [2.45, 2.75) is 0 Å². The molecule has 4 aliphatic heterocycles. The minimum atomic E-state index is -0.170. The number of ether oxygens (including phenoxy) is 4. The van der Waals surface area contributed by atoms with Crippen molar-refractivity contribution in [2.24, 2.45) is 0 Å². The zero-order valence-electron chi connectivity index (χ0n) is 36.3. The normalized spacial score (nSPS) is 13.4. The summed E-state index contributed by atoms with van der Waals surface area (Å²) in [6.45, 7) is -0.341. The number of aromatic nitrogens is 2.